The monoisotopic (exact) mass is 370 g/mol. The Morgan fingerprint density at radius 3 is 2.40 bits per heavy atom. The third-order valence-electron chi connectivity index (χ3n) is 4.26. The highest BCUT2D eigenvalue weighted by molar-refractivity contribution is 6.36. The van der Waals surface area contributed by atoms with Crippen molar-refractivity contribution in [3.63, 3.8) is 0 Å². The fourth-order valence-corrected chi connectivity index (χ4v) is 3.34. The molecule has 0 fully saturated rings. The lowest BCUT2D eigenvalue weighted by molar-refractivity contribution is 0.449. The van der Waals surface area contributed by atoms with E-state index in [-0.39, 0.29) is 11.1 Å². The Balaban J connectivity index is 2.12. The molecule has 0 amide bonds. The second-order valence-corrected chi connectivity index (χ2v) is 6.66. The van der Waals surface area contributed by atoms with Gasteiger partial charge in [0.2, 0.25) is 11.2 Å². The predicted octanol–water partition coefficient (Wildman–Crippen LogP) is 5.93. The van der Waals surface area contributed by atoms with Gasteiger partial charge in [-0.25, -0.2) is 0 Å². The number of aromatic hydroxyl groups is 1. The van der Waals surface area contributed by atoms with E-state index in [1.165, 1.54) is 6.07 Å². The molecule has 0 radical (unpaired) electrons. The van der Waals surface area contributed by atoms with Gasteiger partial charge in [-0.3, -0.25) is 4.79 Å². The molecule has 1 heterocycles. The minimum absolute atomic E-state index is 0.118. The van der Waals surface area contributed by atoms with Crippen LogP contribution >= 0.6 is 23.2 Å². The molecule has 0 saturated carbocycles. The lowest BCUT2D eigenvalue weighted by Crippen LogP contribution is -2.03. The Hall–Kier alpha value is -2.49. The largest absolute Gasteiger partial charge is 0.502 e. The van der Waals surface area contributed by atoms with Gasteiger partial charge in [-0.1, -0.05) is 47.5 Å². The number of hydrogen-bond acceptors (Lipinski definition) is 3. The number of aryl methyl sites for hydroxylation is 1. The summed E-state index contributed by atoms with van der Waals surface area (Å²) in [6.07, 6.45) is 0. The van der Waals surface area contributed by atoms with Crippen molar-refractivity contribution in [2.24, 2.45) is 0 Å². The topological polar surface area (TPSA) is 50.4 Å². The molecule has 25 heavy (non-hydrogen) atoms. The normalized spacial score (nSPS) is 11.3. The van der Waals surface area contributed by atoms with Crippen LogP contribution in [0, 0.1) is 6.92 Å². The van der Waals surface area contributed by atoms with Gasteiger partial charge in [0.25, 0.3) is 0 Å². The molecule has 4 rings (SSSR count). The van der Waals surface area contributed by atoms with Crippen LogP contribution in [0.25, 0.3) is 33.1 Å². The van der Waals surface area contributed by atoms with Gasteiger partial charge in [0.05, 0.1) is 5.39 Å². The van der Waals surface area contributed by atoms with Gasteiger partial charge < -0.3 is 9.52 Å². The van der Waals surface area contributed by atoms with E-state index in [4.69, 9.17) is 27.6 Å². The third kappa shape index (κ3) is 2.48. The van der Waals surface area contributed by atoms with Crippen molar-refractivity contribution in [1.82, 2.24) is 0 Å². The number of benzene rings is 3. The average Bonchev–Trinajstić information content (AvgIpc) is 2.61. The average molecular weight is 371 g/mol. The number of rotatable bonds is 1. The molecule has 0 bridgehead atoms. The van der Waals surface area contributed by atoms with Crippen molar-refractivity contribution in [2.75, 3.05) is 0 Å². The maximum atomic E-state index is 12.6. The minimum Gasteiger partial charge on any atom is -0.502 e. The van der Waals surface area contributed by atoms with Crippen LogP contribution in [0.4, 0.5) is 0 Å². The van der Waals surface area contributed by atoms with E-state index in [0.717, 1.165) is 16.3 Å². The Kier molecular flexibility index (Phi) is 3.71. The van der Waals surface area contributed by atoms with Crippen molar-refractivity contribution in [1.29, 1.82) is 0 Å². The van der Waals surface area contributed by atoms with Crippen molar-refractivity contribution in [2.45, 2.75) is 6.92 Å². The summed E-state index contributed by atoms with van der Waals surface area (Å²) in [6.45, 7) is 1.83. The first-order valence-corrected chi connectivity index (χ1v) is 8.36. The molecule has 4 aromatic rings. The van der Waals surface area contributed by atoms with Crippen LogP contribution in [0.15, 0.2) is 57.7 Å². The van der Waals surface area contributed by atoms with Crippen LogP contribution in [0.2, 0.25) is 10.0 Å². The fraction of sp³-hybridized carbons (Fsp3) is 0.0500. The third-order valence-corrected chi connectivity index (χ3v) is 5.00. The Labute approximate surface area is 153 Å². The first kappa shape index (κ1) is 16.0. The molecule has 3 aromatic carbocycles. The highest BCUT2D eigenvalue weighted by Crippen LogP contribution is 2.37. The molecule has 0 saturated heterocycles. The van der Waals surface area contributed by atoms with Gasteiger partial charge in [-0.05, 0) is 42.1 Å². The van der Waals surface area contributed by atoms with E-state index in [1.54, 1.807) is 18.2 Å². The van der Waals surface area contributed by atoms with Crippen LogP contribution < -0.4 is 5.43 Å². The smallest absolute Gasteiger partial charge is 0.235 e. The van der Waals surface area contributed by atoms with E-state index < -0.39 is 11.2 Å². The van der Waals surface area contributed by atoms with Crippen molar-refractivity contribution < 1.29 is 9.52 Å². The summed E-state index contributed by atoms with van der Waals surface area (Å²) in [5, 5.41) is 13.3. The second-order valence-electron chi connectivity index (χ2n) is 5.85. The van der Waals surface area contributed by atoms with E-state index in [2.05, 4.69) is 0 Å². The maximum Gasteiger partial charge on any atom is 0.235 e. The quantitative estimate of drug-likeness (QED) is 0.451. The Morgan fingerprint density at radius 1 is 0.920 bits per heavy atom. The molecule has 124 valence electrons. The summed E-state index contributed by atoms with van der Waals surface area (Å²) in [5.41, 5.74) is 1.25. The summed E-state index contributed by atoms with van der Waals surface area (Å²) >= 11 is 12.3. The van der Waals surface area contributed by atoms with Gasteiger partial charge in [-0.15, -0.1) is 0 Å². The van der Waals surface area contributed by atoms with Crippen LogP contribution in [-0.2, 0) is 0 Å². The molecule has 3 nitrogen and oxygen atoms in total. The van der Waals surface area contributed by atoms with E-state index in [0.29, 0.717) is 21.2 Å². The molecule has 0 unspecified atom stereocenters. The molecule has 0 aliphatic heterocycles. The lowest BCUT2D eigenvalue weighted by atomic mass is 10.0. The molecule has 0 aliphatic rings. The highest BCUT2D eigenvalue weighted by Gasteiger charge is 2.18. The predicted molar refractivity (Wildman–Crippen MR) is 102 cm³/mol. The van der Waals surface area contributed by atoms with Crippen molar-refractivity contribution >= 4 is 44.9 Å². The number of hydrogen-bond donors (Lipinski definition) is 1. The summed E-state index contributed by atoms with van der Waals surface area (Å²) < 4.78 is 5.89. The molecule has 0 atom stereocenters. The van der Waals surface area contributed by atoms with Crippen LogP contribution in [0.1, 0.15) is 5.56 Å². The zero-order valence-corrected chi connectivity index (χ0v) is 14.7. The molecule has 5 heteroatoms. The Morgan fingerprint density at radius 2 is 1.64 bits per heavy atom. The standard InChI is InChI=1S/C20H12Cl2O3/c1-10-8-17-14(9-16(10)22)18(23)19(24)20(25-17)13-6-7-15(21)12-5-3-2-4-11(12)13/h2-9,24H,1H3. The van der Waals surface area contributed by atoms with Crippen molar-refractivity contribution in [3.8, 4) is 17.1 Å². The van der Waals surface area contributed by atoms with Crippen LogP contribution in [0.3, 0.4) is 0 Å². The summed E-state index contributed by atoms with van der Waals surface area (Å²) in [6, 6.07) is 14.1. The number of fused-ring (bicyclic) bond motifs is 2. The molecule has 1 aromatic heterocycles. The minimum atomic E-state index is -0.516. The molecular weight excluding hydrogens is 359 g/mol. The van der Waals surface area contributed by atoms with Crippen molar-refractivity contribution in [3.05, 3.63) is 74.4 Å². The zero-order valence-electron chi connectivity index (χ0n) is 13.1. The van der Waals surface area contributed by atoms with Gasteiger partial charge in [0.15, 0.2) is 5.76 Å². The van der Waals surface area contributed by atoms with E-state index in [9.17, 15) is 9.90 Å². The maximum absolute atomic E-state index is 12.6. The second kappa shape index (κ2) is 5.80. The fourth-order valence-electron chi connectivity index (χ4n) is 2.95. The molecule has 0 spiro atoms. The van der Waals surface area contributed by atoms with Gasteiger partial charge in [0.1, 0.15) is 5.58 Å². The zero-order chi connectivity index (χ0) is 17.7. The molecule has 0 aliphatic carbocycles. The van der Waals surface area contributed by atoms with Crippen LogP contribution in [0.5, 0.6) is 5.75 Å². The van der Waals surface area contributed by atoms with E-state index >= 15 is 0 Å². The van der Waals surface area contributed by atoms with Gasteiger partial charge in [-0.2, -0.15) is 0 Å². The van der Waals surface area contributed by atoms with Gasteiger partial charge >= 0.3 is 0 Å². The highest BCUT2D eigenvalue weighted by atomic mass is 35.5. The number of halogens is 2. The van der Waals surface area contributed by atoms with Gasteiger partial charge in [0, 0.05) is 21.0 Å². The summed E-state index contributed by atoms with van der Waals surface area (Å²) in [4.78, 5) is 12.6. The Bertz CT molecular complexity index is 1210. The molecular formula is C20H12Cl2O3. The first-order valence-electron chi connectivity index (χ1n) is 7.61. The molecule has 1 N–H and O–H groups in total. The SMILES string of the molecule is Cc1cc2oc(-c3ccc(Cl)c4ccccc34)c(O)c(=O)c2cc1Cl. The lowest BCUT2D eigenvalue weighted by Gasteiger charge is -2.10. The van der Waals surface area contributed by atoms with Crippen LogP contribution in [-0.4, -0.2) is 5.11 Å². The van der Waals surface area contributed by atoms with E-state index in [1.807, 2.05) is 31.2 Å². The summed E-state index contributed by atoms with van der Waals surface area (Å²) in [5.74, 6) is -0.327. The summed E-state index contributed by atoms with van der Waals surface area (Å²) in [7, 11) is 0. The first-order chi connectivity index (χ1) is 12.0.